The van der Waals surface area contributed by atoms with Gasteiger partial charge in [-0.05, 0) is 80.2 Å². The summed E-state index contributed by atoms with van der Waals surface area (Å²) in [6.45, 7) is 15.8. The van der Waals surface area contributed by atoms with Crippen LogP contribution in [0.1, 0.15) is 77.2 Å². The minimum absolute atomic E-state index is 0.538. The fourth-order valence-electron chi connectivity index (χ4n) is 5.23. The molecule has 0 amide bonds. The molecule has 3 fully saturated rings. The van der Waals surface area contributed by atoms with E-state index in [-0.39, 0.29) is 0 Å². The third-order valence-electron chi connectivity index (χ3n) is 7.55. The molecule has 3 nitrogen and oxygen atoms in total. The van der Waals surface area contributed by atoms with Gasteiger partial charge in [0, 0.05) is 50.6 Å². The molecule has 2 heterocycles. The number of unbranched alkanes of at least 4 members (excludes halogenated alkanes) is 1. The highest BCUT2D eigenvalue weighted by Gasteiger charge is 2.31. The molecule has 156 valence electrons. The van der Waals surface area contributed by atoms with E-state index in [9.17, 15) is 0 Å². The van der Waals surface area contributed by atoms with Gasteiger partial charge in [0.25, 0.3) is 0 Å². The Kier molecular flexibility index (Phi) is 6.20. The van der Waals surface area contributed by atoms with Crippen LogP contribution in [-0.2, 0) is 0 Å². The maximum Gasteiger partial charge on any atom is 0.0404 e. The van der Waals surface area contributed by atoms with Crippen LogP contribution in [0.5, 0.6) is 0 Å². The molecule has 3 aliphatic rings. The van der Waals surface area contributed by atoms with E-state index in [0.29, 0.717) is 5.41 Å². The number of benzene rings is 1. The van der Waals surface area contributed by atoms with Crippen molar-refractivity contribution >= 4 is 11.4 Å². The molecule has 0 atom stereocenters. The summed E-state index contributed by atoms with van der Waals surface area (Å²) in [7, 11) is 0. The summed E-state index contributed by atoms with van der Waals surface area (Å²) >= 11 is 0. The summed E-state index contributed by atoms with van der Waals surface area (Å²) in [5, 5.41) is 0. The van der Waals surface area contributed by atoms with Crippen LogP contribution in [0, 0.1) is 5.41 Å². The van der Waals surface area contributed by atoms with Crippen LogP contribution < -0.4 is 9.80 Å². The molecule has 0 radical (unpaired) electrons. The maximum atomic E-state index is 2.69. The second-order valence-corrected chi connectivity index (χ2v) is 10.2. The van der Waals surface area contributed by atoms with Crippen LogP contribution >= 0.6 is 0 Å². The molecule has 3 heteroatoms. The highest BCUT2D eigenvalue weighted by molar-refractivity contribution is 5.64. The first kappa shape index (κ1) is 20.1. The monoisotopic (exact) mass is 383 g/mol. The van der Waals surface area contributed by atoms with Crippen molar-refractivity contribution in [3.05, 3.63) is 23.8 Å². The van der Waals surface area contributed by atoms with Crippen molar-refractivity contribution in [1.82, 2.24) is 4.90 Å². The summed E-state index contributed by atoms with van der Waals surface area (Å²) in [5.41, 5.74) is 5.21. The molecular formula is C25H41N3. The molecule has 1 saturated carbocycles. The zero-order valence-electron chi connectivity index (χ0n) is 18.6. The number of nitrogens with zero attached hydrogens (tertiary/aromatic N) is 3. The molecule has 1 aromatic carbocycles. The largest absolute Gasteiger partial charge is 0.371 e. The van der Waals surface area contributed by atoms with E-state index < -0.39 is 0 Å². The Labute approximate surface area is 173 Å². The Hall–Kier alpha value is -1.22. The number of rotatable bonds is 6. The Morgan fingerprint density at radius 3 is 2.25 bits per heavy atom. The molecular weight excluding hydrogens is 342 g/mol. The molecule has 0 bridgehead atoms. The third-order valence-corrected chi connectivity index (χ3v) is 7.55. The zero-order chi connectivity index (χ0) is 19.6. The molecule has 2 saturated heterocycles. The van der Waals surface area contributed by atoms with Gasteiger partial charge in [-0.1, -0.05) is 27.2 Å². The third kappa shape index (κ3) is 4.50. The van der Waals surface area contributed by atoms with Crippen LogP contribution in [0.25, 0.3) is 0 Å². The lowest BCUT2D eigenvalue weighted by Gasteiger charge is -2.41. The lowest BCUT2D eigenvalue weighted by molar-refractivity contribution is 0.224. The molecule has 0 aromatic heterocycles. The van der Waals surface area contributed by atoms with Gasteiger partial charge >= 0.3 is 0 Å². The molecule has 0 unspecified atom stereocenters. The van der Waals surface area contributed by atoms with Crippen molar-refractivity contribution in [3.8, 4) is 0 Å². The van der Waals surface area contributed by atoms with Crippen LogP contribution in [0.3, 0.4) is 0 Å². The van der Waals surface area contributed by atoms with Crippen molar-refractivity contribution in [2.75, 3.05) is 55.6 Å². The van der Waals surface area contributed by atoms with Crippen LogP contribution in [0.15, 0.2) is 18.2 Å². The van der Waals surface area contributed by atoms with Gasteiger partial charge in [0.1, 0.15) is 0 Å². The highest BCUT2D eigenvalue weighted by Crippen LogP contribution is 2.46. The molecule has 1 aliphatic carbocycles. The fourth-order valence-corrected chi connectivity index (χ4v) is 5.23. The van der Waals surface area contributed by atoms with Crippen LogP contribution in [-0.4, -0.2) is 50.7 Å². The minimum atomic E-state index is 0.538. The highest BCUT2D eigenvalue weighted by atomic mass is 15.3. The lowest BCUT2D eigenvalue weighted by atomic mass is 9.71. The Morgan fingerprint density at radius 1 is 0.929 bits per heavy atom. The standard InChI is InChI=1S/C25H41N3/c1-4-5-13-26-16-18-28(19-17-26)24-8-7-22(27-14-6-15-27)20-23(24)21-9-11-25(2,3)12-10-21/h7-8,20-21H,4-6,9-19H2,1-3H3. The molecule has 4 rings (SSSR count). The lowest BCUT2D eigenvalue weighted by Crippen LogP contribution is -2.47. The van der Waals surface area contributed by atoms with E-state index in [1.54, 1.807) is 11.3 Å². The Balaban J connectivity index is 1.51. The maximum absolute atomic E-state index is 2.69. The summed E-state index contributed by atoms with van der Waals surface area (Å²) in [6, 6.07) is 7.43. The van der Waals surface area contributed by atoms with Gasteiger partial charge in [-0.2, -0.15) is 0 Å². The van der Waals surface area contributed by atoms with Crippen molar-refractivity contribution in [3.63, 3.8) is 0 Å². The zero-order valence-corrected chi connectivity index (χ0v) is 18.6. The number of anilines is 2. The second-order valence-electron chi connectivity index (χ2n) is 10.2. The molecule has 0 spiro atoms. The topological polar surface area (TPSA) is 9.72 Å². The number of hydrogen-bond acceptors (Lipinski definition) is 3. The fraction of sp³-hybridized carbons (Fsp3) is 0.760. The predicted octanol–water partition coefficient (Wildman–Crippen LogP) is 5.50. The van der Waals surface area contributed by atoms with E-state index in [1.807, 2.05) is 0 Å². The van der Waals surface area contributed by atoms with Crippen molar-refractivity contribution < 1.29 is 0 Å². The van der Waals surface area contributed by atoms with Gasteiger partial charge < -0.3 is 9.80 Å². The summed E-state index contributed by atoms with van der Waals surface area (Å²) in [4.78, 5) is 7.91. The molecule has 2 aliphatic heterocycles. The van der Waals surface area contributed by atoms with Gasteiger partial charge in [0.05, 0.1) is 0 Å². The average molecular weight is 384 g/mol. The summed E-state index contributed by atoms with van der Waals surface area (Å²) in [6.07, 6.45) is 9.47. The van der Waals surface area contributed by atoms with Crippen molar-refractivity contribution in [2.24, 2.45) is 5.41 Å². The first-order valence-corrected chi connectivity index (χ1v) is 11.9. The number of hydrogen-bond donors (Lipinski definition) is 0. The molecule has 28 heavy (non-hydrogen) atoms. The quantitative estimate of drug-likeness (QED) is 0.642. The molecule has 0 N–H and O–H groups in total. The Bertz CT molecular complexity index is 631. The number of piperazine rings is 1. The summed E-state index contributed by atoms with van der Waals surface area (Å²) < 4.78 is 0. The van der Waals surface area contributed by atoms with E-state index in [0.717, 1.165) is 5.92 Å². The normalized spacial score (nSPS) is 23.7. The smallest absolute Gasteiger partial charge is 0.0404 e. The van der Waals surface area contributed by atoms with Crippen LogP contribution in [0.2, 0.25) is 0 Å². The minimum Gasteiger partial charge on any atom is -0.371 e. The Morgan fingerprint density at radius 2 is 1.64 bits per heavy atom. The van der Waals surface area contributed by atoms with E-state index in [1.165, 1.54) is 96.4 Å². The first-order chi connectivity index (χ1) is 13.6. The van der Waals surface area contributed by atoms with Crippen molar-refractivity contribution in [2.45, 2.75) is 71.6 Å². The van der Waals surface area contributed by atoms with Gasteiger partial charge in [0.2, 0.25) is 0 Å². The van der Waals surface area contributed by atoms with Crippen molar-refractivity contribution in [1.29, 1.82) is 0 Å². The van der Waals surface area contributed by atoms with Crippen LogP contribution in [0.4, 0.5) is 11.4 Å². The predicted molar refractivity (Wildman–Crippen MR) is 122 cm³/mol. The summed E-state index contributed by atoms with van der Waals surface area (Å²) in [5.74, 6) is 0.752. The van der Waals surface area contributed by atoms with Gasteiger partial charge in [-0.25, -0.2) is 0 Å². The van der Waals surface area contributed by atoms with E-state index in [2.05, 4.69) is 53.7 Å². The van der Waals surface area contributed by atoms with E-state index >= 15 is 0 Å². The SMILES string of the molecule is CCCCN1CCN(c2ccc(N3CCC3)cc2C2CCC(C)(C)CC2)CC1. The van der Waals surface area contributed by atoms with E-state index in [4.69, 9.17) is 0 Å². The van der Waals surface area contributed by atoms with Gasteiger partial charge in [-0.3, -0.25) is 4.90 Å². The van der Waals surface area contributed by atoms with Gasteiger partial charge in [-0.15, -0.1) is 0 Å². The van der Waals surface area contributed by atoms with Gasteiger partial charge in [0.15, 0.2) is 0 Å². The second kappa shape index (κ2) is 8.65. The average Bonchev–Trinajstić information content (AvgIpc) is 2.65. The first-order valence-electron chi connectivity index (χ1n) is 11.9. The molecule has 1 aromatic rings.